The average Bonchev–Trinajstić information content (AvgIpc) is 3.49. The van der Waals surface area contributed by atoms with E-state index < -0.39 is 28.5 Å². The van der Waals surface area contributed by atoms with Crippen molar-refractivity contribution < 1.29 is 18.0 Å². The quantitative estimate of drug-likeness (QED) is 0.293. The molecule has 3 aromatic rings. The SMILES string of the molecule is CC[C@H](C(=O)NC1CCCC1)N(CCc1ccccc1)C(=O)CN(c1cccc(C)c1C)S(=O)(=O)c1ccc(C)cc1. The molecule has 0 unspecified atom stereocenters. The molecule has 0 saturated heterocycles. The van der Waals surface area contributed by atoms with Crippen molar-refractivity contribution in [1.29, 1.82) is 0 Å². The molecule has 4 rings (SSSR count). The Labute approximate surface area is 251 Å². The van der Waals surface area contributed by atoms with Crippen LogP contribution in [-0.2, 0) is 26.0 Å². The van der Waals surface area contributed by atoms with Gasteiger partial charge in [0.2, 0.25) is 11.8 Å². The second-order valence-electron chi connectivity index (χ2n) is 11.3. The minimum absolute atomic E-state index is 0.114. The Balaban J connectivity index is 1.70. The van der Waals surface area contributed by atoms with Gasteiger partial charge in [0.15, 0.2) is 0 Å². The fraction of sp³-hybridized carbons (Fsp3) is 0.412. The molecular weight excluding hydrogens is 546 g/mol. The van der Waals surface area contributed by atoms with E-state index in [1.807, 2.05) is 64.1 Å². The van der Waals surface area contributed by atoms with Crippen LogP contribution in [0.25, 0.3) is 0 Å². The van der Waals surface area contributed by atoms with E-state index in [2.05, 4.69) is 5.32 Å². The van der Waals surface area contributed by atoms with Crippen molar-refractivity contribution in [3.63, 3.8) is 0 Å². The van der Waals surface area contributed by atoms with Crippen LogP contribution in [0.15, 0.2) is 77.7 Å². The second kappa shape index (κ2) is 14.0. The highest BCUT2D eigenvalue weighted by Gasteiger charge is 2.34. The number of nitrogens with zero attached hydrogens (tertiary/aromatic N) is 2. The number of hydrogen-bond donors (Lipinski definition) is 1. The van der Waals surface area contributed by atoms with E-state index in [4.69, 9.17) is 0 Å². The zero-order valence-corrected chi connectivity index (χ0v) is 26.0. The van der Waals surface area contributed by atoms with Gasteiger partial charge in [-0.2, -0.15) is 0 Å². The molecule has 1 N–H and O–H groups in total. The number of carbonyl (C=O) groups excluding carboxylic acids is 2. The largest absolute Gasteiger partial charge is 0.352 e. The molecule has 224 valence electrons. The molecule has 2 amide bonds. The first-order valence-electron chi connectivity index (χ1n) is 14.9. The van der Waals surface area contributed by atoms with Gasteiger partial charge in [-0.1, -0.05) is 79.9 Å². The zero-order chi connectivity index (χ0) is 30.3. The number of benzene rings is 3. The van der Waals surface area contributed by atoms with E-state index in [1.165, 1.54) is 4.31 Å². The molecule has 1 atom stereocenters. The van der Waals surface area contributed by atoms with Crippen LogP contribution in [0.2, 0.25) is 0 Å². The van der Waals surface area contributed by atoms with Crippen LogP contribution in [0.3, 0.4) is 0 Å². The number of carbonyl (C=O) groups is 2. The normalized spacial score (nSPS) is 14.4. The van der Waals surface area contributed by atoms with Crippen LogP contribution >= 0.6 is 0 Å². The molecule has 1 aliphatic rings. The van der Waals surface area contributed by atoms with Gasteiger partial charge in [0.1, 0.15) is 12.6 Å². The first-order valence-corrected chi connectivity index (χ1v) is 16.3. The van der Waals surface area contributed by atoms with E-state index in [-0.39, 0.29) is 16.8 Å². The molecule has 3 aromatic carbocycles. The Morgan fingerprint density at radius 1 is 0.905 bits per heavy atom. The standard InChI is InChI=1S/C34H43N3O4S/c1-5-31(34(39)35-29-15-9-10-16-29)36(23-22-28-13-7-6-8-14-28)33(38)24-37(32-17-11-12-26(3)27(32)4)42(40,41)30-20-18-25(2)19-21-30/h6-8,11-14,17-21,29,31H,5,9-10,15-16,22-24H2,1-4H3,(H,35,39)/t31-/m1/s1. The molecule has 0 radical (unpaired) electrons. The molecule has 0 bridgehead atoms. The summed E-state index contributed by atoms with van der Waals surface area (Å²) in [6.07, 6.45) is 5.02. The summed E-state index contributed by atoms with van der Waals surface area (Å²) in [6.45, 7) is 7.46. The predicted octanol–water partition coefficient (Wildman–Crippen LogP) is 5.72. The molecule has 42 heavy (non-hydrogen) atoms. The zero-order valence-electron chi connectivity index (χ0n) is 25.2. The summed E-state index contributed by atoms with van der Waals surface area (Å²) in [4.78, 5) is 29.5. The van der Waals surface area contributed by atoms with Crippen molar-refractivity contribution >= 4 is 27.5 Å². The number of amides is 2. The number of sulfonamides is 1. The van der Waals surface area contributed by atoms with Crippen molar-refractivity contribution in [2.75, 3.05) is 17.4 Å². The smallest absolute Gasteiger partial charge is 0.264 e. The maximum absolute atomic E-state index is 14.3. The Morgan fingerprint density at radius 2 is 1.57 bits per heavy atom. The highest BCUT2D eigenvalue weighted by Crippen LogP contribution is 2.29. The average molecular weight is 590 g/mol. The maximum atomic E-state index is 14.3. The van der Waals surface area contributed by atoms with Gasteiger partial charge in [-0.05, 0) is 81.3 Å². The molecule has 1 saturated carbocycles. The maximum Gasteiger partial charge on any atom is 0.264 e. The molecule has 0 aromatic heterocycles. The fourth-order valence-corrected chi connectivity index (χ4v) is 7.09. The van der Waals surface area contributed by atoms with E-state index in [0.717, 1.165) is 47.9 Å². The Bertz CT molecular complexity index is 1470. The van der Waals surface area contributed by atoms with Crippen LogP contribution < -0.4 is 9.62 Å². The van der Waals surface area contributed by atoms with Crippen molar-refractivity contribution in [3.8, 4) is 0 Å². The van der Waals surface area contributed by atoms with Crippen LogP contribution in [-0.4, -0.2) is 50.3 Å². The number of anilines is 1. The van der Waals surface area contributed by atoms with Crippen molar-refractivity contribution in [2.45, 2.75) is 83.2 Å². The number of rotatable bonds is 12. The predicted molar refractivity (Wildman–Crippen MR) is 168 cm³/mol. The van der Waals surface area contributed by atoms with Crippen LogP contribution in [0.4, 0.5) is 5.69 Å². The van der Waals surface area contributed by atoms with Gasteiger partial charge in [0.25, 0.3) is 10.0 Å². The summed E-state index contributed by atoms with van der Waals surface area (Å²) >= 11 is 0. The summed E-state index contributed by atoms with van der Waals surface area (Å²) in [6, 6.07) is 21.3. The summed E-state index contributed by atoms with van der Waals surface area (Å²) in [5.41, 5.74) is 4.14. The summed E-state index contributed by atoms with van der Waals surface area (Å²) < 4.78 is 29.5. The van der Waals surface area contributed by atoms with Crippen LogP contribution in [0, 0.1) is 20.8 Å². The Morgan fingerprint density at radius 3 is 2.21 bits per heavy atom. The molecule has 8 heteroatoms. The highest BCUT2D eigenvalue weighted by atomic mass is 32.2. The van der Waals surface area contributed by atoms with Crippen LogP contribution in [0.1, 0.15) is 61.3 Å². The summed E-state index contributed by atoms with van der Waals surface area (Å²) in [5.74, 6) is -0.582. The van der Waals surface area contributed by atoms with Gasteiger partial charge in [0, 0.05) is 12.6 Å². The van der Waals surface area contributed by atoms with Gasteiger partial charge in [-0.25, -0.2) is 8.42 Å². The highest BCUT2D eigenvalue weighted by molar-refractivity contribution is 7.92. The number of aryl methyl sites for hydroxylation is 2. The van der Waals surface area contributed by atoms with Crippen molar-refractivity contribution in [1.82, 2.24) is 10.2 Å². The monoisotopic (exact) mass is 589 g/mol. The first kappa shape index (κ1) is 31.3. The van der Waals surface area contributed by atoms with Gasteiger partial charge in [0.05, 0.1) is 10.6 Å². The van der Waals surface area contributed by atoms with E-state index in [1.54, 1.807) is 41.3 Å². The molecule has 0 aliphatic heterocycles. The minimum atomic E-state index is -4.09. The lowest BCUT2D eigenvalue weighted by molar-refractivity contribution is -0.139. The van der Waals surface area contributed by atoms with Crippen molar-refractivity contribution in [2.24, 2.45) is 0 Å². The number of hydrogen-bond acceptors (Lipinski definition) is 4. The number of nitrogens with one attached hydrogen (secondary N) is 1. The van der Waals surface area contributed by atoms with E-state index in [9.17, 15) is 18.0 Å². The van der Waals surface area contributed by atoms with Gasteiger partial charge < -0.3 is 10.2 Å². The third kappa shape index (κ3) is 7.40. The molecule has 1 aliphatic carbocycles. The molecular formula is C34H43N3O4S. The molecule has 0 heterocycles. The van der Waals surface area contributed by atoms with E-state index >= 15 is 0 Å². The first-order chi connectivity index (χ1) is 20.1. The van der Waals surface area contributed by atoms with Gasteiger partial charge in [-0.15, -0.1) is 0 Å². The summed E-state index contributed by atoms with van der Waals surface area (Å²) in [7, 11) is -4.09. The molecule has 0 spiro atoms. The van der Waals surface area contributed by atoms with Gasteiger partial charge >= 0.3 is 0 Å². The lowest BCUT2D eigenvalue weighted by atomic mass is 10.1. The molecule has 7 nitrogen and oxygen atoms in total. The Hall–Kier alpha value is -3.65. The minimum Gasteiger partial charge on any atom is -0.352 e. The second-order valence-corrected chi connectivity index (χ2v) is 13.1. The Kier molecular flexibility index (Phi) is 10.4. The third-order valence-electron chi connectivity index (χ3n) is 8.30. The lowest BCUT2D eigenvalue weighted by Crippen LogP contribution is -2.54. The topological polar surface area (TPSA) is 86.8 Å². The molecule has 1 fully saturated rings. The van der Waals surface area contributed by atoms with E-state index in [0.29, 0.717) is 25.1 Å². The third-order valence-corrected chi connectivity index (χ3v) is 10.1. The van der Waals surface area contributed by atoms with Gasteiger partial charge in [-0.3, -0.25) is 13.9 Å². The van der Waals surface area contributed by atoms with Crippen molar-refractivity contribution in [3.05, 3.63) is 95.1 Å². The van der Waals surface area contributed by atoms with Crippen LogP contribution in [0.5, 0.6) is 0 Å². The summed E-state index contributed by atoms with van der Waals surface area (Å²) in [5, 5.41) is 3.16. The lowest BCUT2D eigenvalue weighted by Gasteiger charge is -2.34. The fourth-order valence-electron chi connectivity index (χ4n) is 5.62.